The van der Waals surface area contributed by atoms with Crippen LogP contribution in [0.2, 0.25) is 0 Å². The summed E-state index contributed by atoms with van der Waals surface area (Å²) in [7, 11) is 0. The molecule has 0 unspecified atom stereocenters. The number of hydrogen-bond donors (Lipinski definition) is 1. The van der Waals surface area contributed by atoms with Crippen molar-refractivity contribution in [2.45, 2.75) is 86.0 Å². The molecule has 0 spiro atoms. The molecule has 3 rings (SSSR count). The van der Waals surface area contributed by atoms with Gasteiger partial charge in [0.25, 0.3) is 5.97 Å². The molecular formula is C29H40AgN2O2. The number of carboxylic acids is 1. The third kappa shape index (κ3) is 6.29. The van der Waals surface area contributed by atoms with E-state index in [4.69, 9.17) is 9.90 Å². The molecule has 0 bridgehead atoms. The molecule has 1 N–H and O–H groups in total. The summed E-state index contributed by atoms with van der Waals surface area (Å²) in [6, 6.07) is 13.5. The van der Waals surface area contributed by atoms with E-state index in [1.54, 1.807) is 0 Å². The van der Waals surface area contributed by atoms with Crippen molar-refractivity contribution in [3.63, 3.8) is 0 Å². The molecule has 5 heteroatoms. The average molecular weight is 557 g/mol. The van der Waals surface area contributed by atoms with E-state index in [0.29, 0.717) is 23.7 Å². The Morgan fingerprint density at radius 3 is 1.12 bits per heavy atom. The number of aliphatic carboxylic acids is 1. The van der Waals surface area contributed by atoms with Crippen molar-refractivity contribution in [2.24, 2.45) is 0 Å². The van der Waals surface area contributed by atoms with Crippen LogP contribution in [0.1, 0.15) is 108 Å². The number of aromatic nitrogens is 2. The van der Waals surface area contributed by atoms with Crippen molar-refractivity contribution in [2.75, 3.05) is 0 Å². The zero-order valence-corrected chi connectivity index (χ0v) is 23.5. The zero-order valence-electron chi connectivity index (χ0n) is 22.0. The van der Waals surface area contributed by atoms with E-state index in [0.717, 1.165) is 10.6 Å². The van der Waals surface area contributed by atoms with E-state index in [9.17, 15) is 0 Å². The van der Waals surface area contributed by atoms with Crippen LogP contribution in [-0.2, 0) is 25.4 Å². The summed E-state index contributed by atoms with van der Waals surface area (Å²) >= 11 is 4.01. The first-order chi connectivity index (χ1) is 15.9. The molecule has 1 aromatic heterocycles. The van der Waals surface area contributed by atoms with Gasteiger partial charge in [0.05, 0.1) is 0 Å². The van der Waals surface area contributed by atoms with Crippen LogP contribution in [0.5, 0.6) is 0 Å². The van der Waals surface area contributed by atoms with Gasteiger partial charge in [0.15, 0.2) is 0 Å². The molecule has 0 aliphatic carbocycles. The van der Waals surface area contributed by atoms with Crippen molar-refractivity contribution in [3.05, 3.63) is 74.7 Å². The summed E-state index contributed by atoms with van der Waals surface area (Å²) < 4.78 is 5.71. The summed E-state index contributed by atoms with van der Waals surface area (Å²) in [4.78, 5) is 9.00. The van der Waals surface area contributed by atoms with Gasteiger partial charge in [0.2, 0.25) is 0 Å². The Hall–Kier alpha value is -2.14. The Morgan fingerprint density at radius 2 is 0.912 bits per heavy atom. The van der Waals surface area contributed by atoms with Crippen LogP contribution in [0.4, 0.5) is 0 Å². The molecule has 0 fully saturated rings. The number of benzene rings is 2. The van der Waals surface area contributed by atoms with E-state index in [1.165, 1.54) is 33.6 Å². The summed E-state index contributed by atoms with van der Waals surface area (Å²) in [5.74, 6) is 0.983. The molecular weight excluding hydrogens is 516 g/mol. The molecule has 3 aromatic rings. The van der Waals surface area contributed by atoms with Gasteiger partial charge in [-0.2, -0.15) is 0 Å². The summed E-state index contributed by atoms with van der Waals surface area (Å²) in [5, 5.41) is 7.42. The average Bonchev–Trinajstić information content (AvgIpc) is 3.12. The molecule has 0 aliphatic rings. The van der Waals surface area contributed by atoms with Crippen LogP contribution >= 0.6 is 0 Å². The number of imidazole rings is 1. The van der Waals surface area contributed by atoms with Gasteiger partial charge >= 0.3 is 195 Å². The molecule has 0 saturated heterocycles. The molecule has 2 aromatic carbocycles. The number of nitrogens with zero attached hydrogens (tertiary/aromatic N) is 2. The van der Waals surface area contributed by atoms with E-state index >= 15 is 0 Å². The molecule has 0 saturated carbocycles. The topological polar surface area (TPSA) is 47.2 Å². The van der Waals surface area contributed by atoms with Gasteiger partial charge in [-0.05, 0) is 0 Å². The Balaban J connectivity index is 0.000000945. The van der Waals surface area contributed by atoms with Crippen LogP contribution in [0.25, 0.3) is 11.4 Å². The first-order valence-corrected chi connectivity index (χ1v) is 12.8. The van der Waals surface area contributed by atoms with Crippen molar-refractivity contribution in [1.82, 2.24) is 9.13 Å². The molecule has 189 valence electrons. The second-order valence-corrected chi connectivity index (χ2v) is 10.6. The monoisotopic (exact) mass is 555 g/mol. The Labute approximate surface area is 217 Å². The van der Waals surface area contributed by atoms with Gasteiger partial charge in [-0.1, -0.05) is 0 Å². The maximum atomic E-state index is 9.00. The van der Waals surface area contributed by atoms with Crippen LogP contribution in [0.15, 0.2) is 48.8 Å². The summed E-state index contributed by atoms with van der Waals surface area (Å²) in [5.41, 5.74) is 8.13. The quantitative estimate of drug-likeness (QED) is 0.314. The van der Waals surface area contributed by atoms with Crippen molar-refractivity contribution in [3.8, 4) is 11.4 Å². The summed E-state index contributed by atoms with van der Waals surface area (Å²) in [6.45, 7) is 19.3. The second-order valence-electron chi connectivity index (χ2n) is 9.98. The van der Waals surface area contributed by atoms with E-state index in [2.05, 4.69) is 134 Å². The third-order valence-electron chi connectivity index (χ3n) is 5.89. The van der Waals surface area contributed by atoms with E-state index in [1.807, 2.05) is 0 Å². The third-order valence-corrected chi connectivity index (χ3v) is 6.61. The van der Waals surface area contributed by atoms with Crippen molar-refractivity contribution in [1.29, 1.82) is 0 Å². The van der Waals surface area contributed by atoms with Crippen LogP contribution < -0.4 is 0 Å². The first-order valence-electron chi connectivity index (χ1n) is 12.1. The minimum absolute atomic E-state index is 0.454. The van der Waals surface area contributed by atoms with Crippen molar-refractivity contribution < 1.29 is 30.5 Å². The molecule has 0 amide bonds. The standard InChI is InChI=1S/C27H36N2.C2H4O2.Ag/c1-18(2)22-11-9-12-23(19(3)4)26(22)28-15-16-29(17-28)27-24(20(5)6)13-10-14-25(27)21(7)8;1-2(3)4;/h9-16,18-21H,1-8H3;1H3,(H,3,4);. The van der Waals surface area contributed by atoms with Gasteiger partial charge in [-0.3, -0.25) is 4.79 Å². The predicted octanol–water partition coefficient (Wildman–Crippen LogP) is 7.93. The molecule has 0 aliphatic heterocycles. The zero-order chi connectivity index (χ0) is 25.7. The SMILES string of the molecule is CC(=O)O.CC(C)c1cccc(C(C)C)c1-n1ccn(-c2c(C(C)C)cccc2C(C)C)[c]1=[Ag]. The van der Waals surface area contributed by atoms with E-state index < -0.39 is 5.97 Å². The number of rotatable bonds is 6. The molecule has 1 heterocycles. The van der Waals surface area contributed by atoms with Gasteiger partial charge in [-0.15, -0.1) is 0 Å². The normalized spacial score (nSPS) is 11.4. The second kappa shape index (κ2) is 12.0. The predicted molar refractivity (Wildman–Crippen MR) is 138 cm³/mol. The first kappa shape index (κ1) is 28.1. The summed E-state index contributed by atoms with van der Waals surface area (Å²) in [6.07, 6.45) is 4.41. The Bertz CT molecular complexity index is 1040. The van der Waals surface area contributed by atoms with Crippen LogP contribution in [-0.4, -0.2) is 20.2 Å². The fourth-order valence-corrected chi connectivity index (χ4v) is 4.81. The number of carboxylic acid groups (broad SMARTS) is 1. The molecule has 34 heavy (non-hydrogen) atoms. The number of carbonyl (C=O) groups is 1. The van der Waals surface area contributed by atoms with Gasteiger partial charge < -0.3 is 5.11 Å². The fraction of sp³-hybridized carbons (Fsp3) is 0.448. The van der Waals surface area contributed by atoms with Gasteiger partial charge in [0.1, 0.15) is 0 Å². The van der Waals surface area contributed by atoms with Crippen molar-refractivity contribution >= 4 is 5.97 Å². The fourth-order valence-electron chi connectivity index (χ4n) is 4.26. The van der Waals surface area contributed by atoms with Crippen LogP contribution in [0.3, 0.4) is 0 Å². The Kier molecular flexibility index (Phi) is 9.93. The molecule has 0 atom stereocenters. The number of para-hydroxylation sites is 2. The van der Waals surface area contributed by atoms with E-state index in [-0.39, 0.29) is 0 Å². The van der Waals surface area contributed by atoms with Gasteiger partial charge in [-0.25, -0.2) is 0 Å². The minimum atomic E-state index is -0.833. The maximum absolute atomic E-state index is 9.00. The van der Waals surface area contributed by atoms with Gasteiger partial charge in [0, 0.05) is 6.92 Å². The van der Waals surface area contributed by atoms with Crippen LogP contribution in [0, 0.1) is 3.63 Å². The molecule has 0 radical (unpaired) electrons. The Morgan fingerprint density at radius 1 is 0.676 bits per heavy atom. The number of hydrogen-bond acceptors (Lipinski definition) is 1. The molecule has 4 nitrogen and oxygen atoms in total.